The Morgan fingerprint density at radius 2 is 2.00 bits per heavy atom. The fourth-order valence-electron chi connectivity index (χ4n) is 2.46. The number of methoxy groups -OCH3 is 2. The van der Waals surface area contributed by atoms with E-state index >= 15 is 0 Å². The summed E-state index contributed by atoms with van der Waals surface area (Å²) >= 11 is 0. The number of benzene rings is 2. The monoisotopic (exact) mass is 353 g/mol. The third-order valence-electron chi connectivity index (χ3n) is 3.78. The highest BCUT2D eigenvalue weighted by Gasteiger charge is 2.06. The second-order valence-electron chi connectivity index (χ2n) is 5.46. The Morgan fingerprint density at radius 3 is 2.81 bits per heavy atom. The van der Waals surface area contributed by atoms with Crippen LogP contribution in [0.1, 0.15) is 12.0 Å². The van der Waals surface area contributed by atoms with Crippen molar-refractivity contribution in [1.82, 2.24) is 20.4 Å². The van der Waals surface area contributed by atoms with Gasteiger partial charge < -0.3 is 9.47 Å². The maximum atomic E-state index is 12.0. The Balaban J connectivity index is 1.54. The Kier molecular flexibility index (Phi) is 5.43. The zero-order valence-corrected chi connectivity index (χ0v) is 14.5. The van der Waals surface area contributed by atoms with E-state index < -0.39 is 0 Å². The summed E-state index contributed by atoms with van der Waals surface area (Å²) in [6.45, 7) is 0.429. The lowest BCUT2D eigenvalue weighted by atomic mass is 10.2. The first-order valence-electron chi connectivity index (χ1n) is 8.03. The zero-order chi connectivity index (χ0) is 18.4. The number of nitrogens with one attached hydrogen (secondary N) is 1. The summed E-state index contributed by atoms with van der Waals surface area (Å²) in [6, 6.07) is 13.0. The molecule has 3 aromatic rings. The summed E-state index contributed by atoms with van der Waals surface area (Å²) in [5.41, 5.74) is 4.99. The molecule has 1 aromatic heterocycles. The van der Waals surface area contributed by atoms with Gasteiger partial charge in [-0.25, -0.2) is 10.1 Å². The van der Waals surface area contributed by atoms with Crippen LogP contribution < -0.4 is 14.9 Å². The van der Waals surface area contributed by atoms with Gasteiger partial charge in [0.2, 0.25) is 5.91 Å². The van der Waals surface area contributed by atoms with Gasteiger partial charge in [-0.3, -0.25) is 4.79 Å². The molecule has 0 radical (unpaired) electrons. The molecule has 0 spiro atoms. The van der Waals surface area contributed by atoms with Crippen molar-refractivity contribution in [2.45, 2.75) is 13.0 Å². The first-order chi connectivity index (χ1) is 12.7. The number of hydrazone groups is 1. The number of amides is 1. The highest BCUT2D eigenvalue weighted by Crippen LogP contribution is 2.26. The Labute approximate surface area is 150 Å². The van der Waals surface area contributed by atoms with Gasteiger partial charge in [0.05, 0.1) is 32.5 Å². The number of nitrogens with zero attached hydrogens (tertiary/aromatic N) is 4. The Hall–Kier alpha value is -3.42. The van der Waals surface area contributed by atoms with Crippen LogP contribution in [0.5, 0.6) is 11.5 Å². The van der Waals surface area contributed by atoms with Crippen LogP contribution >= 0.6 is 0 Å². The number of aromatic nitrogens is 3. The van der Waals surface area contributed by atoms with Crippen molar-refractivity contribution in [3.05, 3.63) is 48.0 Å². The van der Waals surface area contributed by atoms with Crippen molar-refractivity contribution < 1.29 is 14.3 Å². The highest BCUT2D eigenvalue weighted by molar-refractivity contribution is 5.83. The van der Waals surface area contributed by atoms with E-state index in [0.717, 1.165) is 16.6 Å². The smallest absolute Gasteiger partial charge is 0.241 e. The summed E-state index contributed by atoms with van der Waals surface area (Å²) in [4.78, 5) is 12.0. The summed E-state index contributed by atoms with van der Waals surface area (Å²) in [7, 11) is 3.14. The molecule has 0 aliphatic heterocycles. The molecule has 0 aliphatic carbocycles. The Morgan fingerprint density at radius 1 is 1.19 bits per heavy atom. The standard InChI is InChI=1S/C18H19N5O3/c1-25-16-8-7-13(11-17(16)26-2)12-19-21-18(24)9-10-23-15-6-4-3-5-14(15)20-22-23/h3-8,11-12H,9-10H2,1-2H3,(H,21,24). The van der Waals surface area contributed by atoms with Gasteiger partial charge in [0.15, 0.2) is 11.5 Å². The average molecular weight is 353 g/mol. The van der Waals surface area contributed by atoms with Crippen molar-refractivity contribution in [2.75, 3.05) is 14.2 Å². The van der Waals surface area contributed by atoms with E-state index in [2.05, 4.69) is 20.8 Å². The van der Waals surface area contributed by atoms with E-state index in [0.29, 0.717) is 18.0 Å². The topological polar surface area (TPSA) is 90.6 Å². The minimum atomic E-state index is -0.207. The van der Waals surface area contributed by atoms with Crippen LogP contribution in [0.3, 0.4) is 0 Å². The molecule has 1 amide bonds. The molecule has 0 unspecified atom stereocenters. The fourth-order valence-corrected chi connectivity index (χ4v) is 2.46. The fraction of sp³-hybridized carbons (Fsp3) is 0.222. The summed E-state index contributed by atoms with van der Waals surface area (Å²) in [5, 5.41) is 12.1. The van der Waals surface area contributed by atoms with E-state index in [9.17, 15) is 4.79 Å². The highest BCUT2D eigenvalue weighted by atomic mass is 16.5. The van der Waals surface area contributed by atoms with Crippen molar-refractivity contribution in [3.8, 4) is 11.5 Å². The van der Waals surface area contributed by atoms with Crippen molar-refractivity contribution in [1.29, 1.82) is 0 Å². The quantitative estimate of drug-likeness (QED) is 0.518. The van der Waals surface area contributed by atoms with Crippen molar-refractivity contribution in [3.63, 3.8) is 0 Å². The second kappa shape index (κ2) is 8.11. The van der Waals surface area contributed by atoms with Gasteiger partial charge in [0, 0.05) is 6.42 Å². The van der Waals surface area contributed by atoms with E-state index in [1.807, 2.05) is 30.3 Å². The number of rotatable bonds is 7. The zero-order valence-electron chi connectivity index (χ0n) is 14.5. The lowest BCUT2D eigenvalue weighted by Crippen LogP contribution is -2.19. The van der Waals surface area contributed by atoms with Gasteiger partial charge in [-0.1, -0.05) is 17.3 Å². The number of aryl methyl sites for hydroxylation is 1. The average Bonchev–Trinajstić information content (AvgIpc) is 3.09. The number of ether oxygens (including phenoxy) is 2. The number of carbonyl (C=O) groups excluding carboxylic acids is 1. The molecule has 134 valence electrons. The SMILES string of the molecule is COc1ccc(C=NNC(=O)CCn2nnc3ccccc32)cc1OC. The molecule has 0 atom stereocenters. The van der Waals surface area contributed by atoms with Gasteiger partial charge >= 0.3 is 0 Å². The van der Waals surface area contributed by atoms with Crippen LogP contribution in [0.15, 0.2) is 47.6 Å². The molecule has 8 nitrogen and oxygen atoms in total. The van der Waals surface area contributed by atoms with Crippen LogP contribution in [-0.4, -0.2) is 41.3 Å². The van der Waals surface area contributed by atoms with Crippen LogP contribution in [0.4, 0.5) is 0 Å². The molecule has 26 heavy (non-hydrogen) atoms. The lowest BCUT2D eigenvalue weighted by molar-refractivity contribution is -0.121. The molecule has 2 aromatic carbocycles. The number of hydrogen-bond donors (Lipinski definition) is 1. The van der Waals surface area contributed by atoms with Crippen molar-refractivity contribution >= 4 is 23.2 Å². The molecular formula is C18H19N5O3. The third kappa shape index (κ3) is 3.97. The number of para-hydroxylation sites is 1. The molecule has 1 N–H and O–H groups in total. The minimum absolute atomic E-state index is 0.207. The summed E-state index contributed by atoms with van der Waals surface area (Å²) in [6.07, 6.45) is 1.79. The molecule has 3 rings (SSSR count). The maximum absolute atomic E-state index is 12.0. The predicted octanol–water partition coefficient (Wildman–Crippen LogP) is 1.99. The molecule has 0 saturated heterocycles. The Bertz CT molecular complexity index is 935. The lowest BCUT2D eigenvalue weighted by Gasteiger charge is -2.07. The van der Waals surface area contributed by atoms with E-state index in [-0.39, 0.29) is 12.3 Å². The van der Waals surface area contributed by atoms with Gasteiger partial charge in [-0.15, -0.1) is 5.10 Å². The molecule has 0 fully saturated rings. The van der Waals surface area contributed by atoms with Crippen LogP contribution in [0, 0.1) is 0 Å². The largest absolute Gasteiger partial charge is 0.493 e. The number of fused-ring (bicyclic) bond motifs is 1. The molecule has 0 aliphatic rings. The van der Waals surface area contributed by atoms with Crippen molar-refractivity contribution in [2.24, 2.45) is 5.10 Å². The number of carbonyl (C=O) groups is 1. The van der Waals surface area contributed by atoms with Gasteiger partial charge in [0.25, 0.3) is 0 Å². The van der Waals surface area contributed by atoms with E-state index in [1.165, 1.54) is 0 Å². The molecule has 1 heterocycles. The van der Waals surface area contributed by atoms with Gasteiger partial charge in [0.1, 0.15) is 5.52 Å². The number of hydrogen-bond acceptors (Lipinski definition) is 6. The maximum Gasteiger partial charge on any atom is 0.241 e. The minimum Gasteiger partial charge on any atom is -0.493 e. The molecule has 0 saturated carbocycles. The van der Waals surface area contributed by atoms with Gasteiger partial charge in [-0.2, -0.15) is 5.10 Å². The molecular weight excluding hydrogens is 334 g/mol. The van der Waals surface area contributed by atoms with E-state index in [4.69, 9.17) is 9.47 Å². The molecule has 8 heteroatoms. The van der Waals surface area contributed by atoms with Crippen LogP contribution in [-0.2, 0) is 11.3 Å². The summed E-state index contributed by atoms with van der Waals surface area (Å²) in [5.74, 6) is 1.02. The normalized spacial score (nSPS) is 11.0. The first-order valence-corrected chi connectivity index (χ1v) is 8.03. The van der Waals surface area contributed by atoms with Crippen LogP contribution in [0.2, 0.25) is 0 Å². The summed E-state index contributed by atoms with van der Waals surface area (Å²) < 4.78 is 12.1. The third-order valence-corrected chi connectivity index (χ3v) is 3.78. The van der Waals surface area contributed by atoms with Crippen LogP contribution in [0.25, 0.3) is 11.0 Å². The first kappa shape index (κ1) is 17.4. The molecule has 0 bridgehead atoms. The van der Waals surface area contributed by atoms with E-state index in [1.54, 1.807) is 37.2 Å². The van der Waals surface area contributed by atoms with Gasteiger partial charge in [-0.05, 0) is 35.9 Å². The second-order valence-corrected chi connectivity index (χ2v) is 5.46. The predicted molar refractivity (Wildman–Crippen MR) is 97.4 cm³/mol.